The molecule has 1 amide bonds. The summed E-state index contributed by atoms with van der Waals surface area (Å²) in [7, 11) is 1.68. The maximum absolute atomic E-state index is 13.5. The molecule has 3 aromatic rings. The summed E-state index contributed by atoms with van der Waals surface area (Å²) in [6.45, 7) is 8.26. The Labute approximate surface area is 196 Å². The molecular weight excluding hydrogens is 414 g/mol. The lowest BCUT2D eigenvalue weighted by Crippen LogP contribution is -2.51. The molecule has 0 bridgehead atoms. The minimum absolute atomic E-state index is 0.0605. The SMILES string of the molecule is COc1cccc(CN2CCOC(C(=O)N(Cc3ccc4ncccc4c3)CC(C)C)C2)c1. The smallest absolute Gasteiger partial charge is 0.253 e. The number of fused-ring (bicyclic) bond motifs is 1. The first kappa shape index (κ1) is 23.2. The molecule has 1 aromatic heterocycles. The van der Waals surface area contributed by atoms with E-state index in [4.69, 9.17) is 9.47 Å². The summed E-state index contributed by atoms with van der Waals surface area (Å²) in [4.78, 5) is 22.2. The molecule has 1 fully saturated rings. The van der Waals surface area contributed by atoms with Crippen LogP contribution in [0.4, 0.5) is 0 Å². The molecular formula is C27H33N3O3. The first-order valence-electron chi connectivity index (χ1n) is 11.6. The molecule has 1 saturated heterocycles. The van der Waals surface area contributed by atoms with Crippen LogP contribution in [0.5, 0.6) is 5.75 Å². The van der Waals surface area contributed by atoms with Crippen LogP contribution in [0, 0.1) is 5.92 Å². The van der Waals surface area contributed by atoms with Crippen molar-refractivity contribution in [3.05, 3.63) is 71.9 Å². The van der Waals surface area contributed by atoms with Gasteiger partial charge in [0.1, 0.15) is 11.9 Å². The highest BCUT2D eigenvalue weighted by Crippen LogP contribution is 2.19. The molecule has 2 aromatic carbocycles. The largest absolute Gasteiger partial charge is 0.497 e. The van der Waals surface area contributed by atoms with Crippen molar-refractivity contribution in [2.24, 2.45) is 5.92 Å². The first-order valence-corrected chi connectivity index (χ1v) is 11.6. The van der Waals surface area contributed by atoms with Crippen molar-refractivity contribution < 1.29 is 14.3 Å². The Kier molecular flexibility index (Phi) is 7.57. The molecule has 2 heterocycles. The number of amides is 1. The standard InChI is InChI=1S/C27H33N3O3/c1-20(2)16-30(18-22-9-10-25-23(14-22)7-5-11-28-25)27(31)26-19-29(12-13-33-26)17-21-6-4-8-24(15-21)32-3/h4-11,14-15,20,26H,12-13,16-19H2,1-3H3. The van der Waals surface area contributed by atoms with Crippen LogP contribution in [-0.2, 0) is 22.6 Å². The van der Waals surface area contributed by atoms with Crippen LogP contribution in [-0.4, -0.2) is 60.1 Å². The van der Waals surface area contributed by atoms with Crippen LogP contribution in [0.1, 0.15) is 25.0 Å². The van der Waals surface area contributed by atoms with Gasteiger partial charge in [-0.3, -0.25) is 14.7 Å². The Bertz CT molecular complexity index is 1080. The Balaban J connectivity index is 1.45. The van der Waals surface area contributed by atoms with Crippen LogP contribution >= 0.6 is 0 Å². The first-order chi connectivity index (χ1) is 16.0. The summed E-state index contributed by atoms with van der Waals surface area (Å²) in [5.74, 6) is 1.28. The van der Waals surface area contributed by atoms with Gasteiger partial charge in [-0.05, 0) is 47.4 Å². The zero-order valence-electron chi connectivity index (χ0n) is 19.7. The van der Waals surface area contributed by atoms with Gasteiger partial charge in [0.05, 0.1) is 19.2 Å². The molecule has 1 aliphatic rings. The molecule has 6 nitrogen and oxygen atoms in total. The molecule has 0 N–H and O–H groups in total. The number of pyridine rings is 1. The fraction of sp³-hybridized carbons (Fsp3) is 0.407. The Hall–Kier alpha value is -2.96. The van der Waals surface area contributed by atoms with Gasteiger partial charge in [0, 0.05) is 44.3 Å². The molecule has 1 aliphatic heterocycles. The number of hydrogen-bond acceptors (Lipinski definition) is 5. The highest BCUT2D eigenvalue weighted by atomic mass is 16.5. The summed E-state index contributed by atoms with van der Waals surface area (Å²) < 4.78 is 11.3. The van der Waals surface area contributed by atoms with E-state index in [1.807, 2.05) is 35.2 Å². The summed E-state index contributed by atoms with van der Waals surface area (Å²) in [6.07, 6.45) is 1.35. The number of nitrogens with zero attached hydrogens (tertiary/aromatic N) is 3. The van der Waals surface area contributed by atoms with Gasteiger partial charge in [-0.1, -0.05) is 38.1 Å². The van der Waals surface area contributed by atoms with Crippen LogP contribution in [0.2, 0.25) is 0 Å². The van der Waals surface area contributed by atoms with Gasteiger partial charge < -0.3 is 14.4 Å². The molecule has 33 heavy (non-hydrogen) atoms. The summed E-state index contributed by atoms with van der Waals surface area (Å²) in [5, 5.41) is 1.09. The molecule has 0 radical (unpaired) electrons. The number of rotatable bonds is 8. The van der Waals surface area contributed by atoms with Gasteiger partial charge in [0.15, 0.2) is 0 Å². The maximum Gasteiger partial charge on any atom is 0.253 e. The van der Waals surface area contributed by atoms with Crippen molar-refractivity contribution in [2.75, 3.05) is 33.4 Å². The van der Waals surface area contributed by atoms with Crippen LogP contribution < -0.4 is 4.74 Å². The highest BCUT2D eigenvalue weighted by Gasteiger charge is 2.30. The van der Waals surface area contributed by atoms with Crippen molar-refractivity contribution in [3.8, 4) is 5.75 Å². The van der Waals surface area contributed by atoms with Gasteiger partial charge in [-0.2, -0.15) is 0 Å². The van der Waals surface area contributed by atoms with Crippen LogP contribution in [0.3, 0.4) is 0 Å². The van der Waals surface area contributed by atoms with Crippen molar-refractivity contribution in [1.82, 2.24) is 14.8 Å². The van der Waals surface area contributed by atoms with E-state index in [9.17, 15) is 4.79 Å². The quantitative estimate of drug-likeness (QED) is 0.520. The lowest BCUT2D eigenvalue weighted by atomic mass is 10.1. The summed E-state index contributed by atoms with van der Waals surface area (Å²) in [6, 6.07) is 18.3. The van der Waals surface area contributed by atoms with Crippen molar-refractivity contribution in [3.63, 3.8) is 0 Å². The van der Waals surface area contributed by atoms with E-state index in [1.54, 1.807) is 13.3 Å². The summed E-state index contributed by atoms with van der Waals surface area (Å²) in [5.41, 5.74) is 3.24. The predicted molar refractivity (Wildman–Crippen MR) is 130 cm³/mol. The Morgan fingerprint density at radius 1 is 1.18 bits per heavy atom. The third kappa shape index (κ3) is 6.09. The van der Waals surface area contributed by atoms with Crippen molar-refractivity contribution >= 4 is 16.8 Å². The second kappa shape index (κ2) is 10.8. The second-order valence-electron chi connectivity index (χ2n) is 9.09. The van der Waals surface area contributed by atoms with E-state index in [2.05, 4.69) is 48.0 Å². The van der Waals surface area contributed by atoms with Gasteiger partial charge in [-0.25, -0.2) is 0 Å². The third-order valence-electron chi connectivity index (χ3n) is 5.90. The van der Waals surface area contributed by atoms with Gasteiger partial charge >= 0.3 is 0 Å². The number of methoxy groups -OCH3 is 1. The zero-order chi connectivity index (χ0) is 23.2. The highest BCUT2D eigenvalue weighted by molar-refractivity contribution is 5.82. The molecule has 6 heteroatoms. The Morgan fingerprint density at radius 3 is 2.88 bits per heavy atom. The van der Waals surface area contributed by atoms with Gasteiger partial charge in [0.2, 0.25) is 0 Å². The maximum atomic E-state index is 13.5. The van der Waals surface area contributed by atoms with E-state index in [0.717, 1.165) is 35.3 Å². The van der Waals surface area contributed by atoms with Gasteiger partial charge in [-0.15, -0.1) is 0 Å². The van der Waals surface area contributed by atoms with Crippen LogP contribution in [0.25, 0.3) is 10.9 Å². The molecule has 4 rings (SSSR count). The third-order valence-corrected chi connectivity index (χ3v) is 5.90. The lowest BCUT2D eigenvalue weighted by molar-refractivity contribution is -0.151. The van der Waals surface area contributed by atoms with E-state index in [1.165, 1.54) is 5.56 Å². The minimum atomic E-state index is -0.453. The van der Waals surface area contributed by atoms with E-state index >= 15 is 0 Å². The summed E-state index contributed by atoms with van der Waals surface area (Å²) >= 11 is 0. The topological polar surface area (TPSA) is 54.9 Å². The number of carbonyl (C=O) groups is 1. The minimum Gasteiger partial charge on any atom is -0.497 e. The predicted octanol–water partition coefficient (Wildman–Crippen LogP) is 4.13. The molecule has 0 saturated carbocycles. The Morgan fingerprint density at radius 2 is 2.06 bits per heavy atom. The fourth-order valence-electron chi connectivity index (χ4n) is 4.35. The number of aromatic nitrogens is 1. The molecule has 0 spiro atoms. The number of hydrogen-bond donors (Lipinski definition) is 0. The second-order valence-corrected chi connectivity index (χ2v) is 9.09. The number of morpholine rings is 1. The molecule has 1 atom stereocenters. The number of carbonyl (C=O) groups excluding carboxylic acids is 1. The molecule has 1 unspecified atom stereocenters. The van der Waals surface area contributed by atoms with E-state index in [0.29, 0.717) is 32.2 Å². The van der Waals surface area contributed by atoms with E-state index < -0.39 is 6.10 Å². The van der Waals surface area contributed by atoms with Crippen molar-refractivity contribution in [2.45, 2.75) is 33.0 Å². The fourth-order valence-corrected chi connectivity index (χ4v) is 4.35. The van der Waals surface area contributed by atoms with Crippen LogP contribution in [0.15, 0.2) is 60.8 Å². The van der Waals surface area contributed by atoms with Crippen molar-refractivity contribution in [1.29, 1.82) is 0 Å². The normalized spacial score (nSPS) is 16.8. The number of ether oxygens (including phenoxy) is 2. The van der Waals surface area contributed by atoms with Gasteiger partial charge in [0.25, 0.3) is 5.91 Å². The monoisotopic (exact) mass is 447 g/mol. The molecule has 174 valence electrons. The van der Waals surface area contributed by atoms with E-state index in [-0.39, 0.29) is 5.91 Å². The number of benzene rings is 2. The zero-order valence-corrected chi connectivity index (χ0v) is 19.7. The lowest BCUT2D eigenvalue weighted by Gasteiger charge is -2.35. The molecule has 0 aliphatic carbocycles. The average molecular weight is 448 g/mol. The average Bonchev–Trinajstić information content (AvgIpc) is 2.83.